The summed E-state index contributed by atoms with van der Waals surface area (Å²) in [6, 6.07) is 10.4. The second-order valence-corrected chi connectivity index (χ2v) is 4.51. The van der Waals surface area contributed by atoms with Crippen LogP contribution in [0.4, 0.5) is 0 Å². The van der Waals surface area contributed by atoms with Crippen LogP contribution in [0.5, 0.6) is 0 Å². The molecule has 1 rings (SSSR count). The smallest absolute Gasteiger partial charge is 0.0638 e. The van der Waals surface area contributed by atoms with Crippen molar-refractivity contribution >= 4 is 11.6 Å². The Balaban J connectivity index is 2.43. The molecule has 0 radical (unpaired) electrons. The van der Waals surface area contributed by atoms with E-state index in [9.17, 15) is 0 Å². The van der Waals surface area contributed by atoms with Gasteiger partial charge in [0.15, 0.2) is 0 Å². The highest BCUT2D eigenvalue weighted by Gasteiger charge is 2.08. The lowest BCUT2D eigenvalue weighted by Gasteiger charge is -2.22. The number of benzene rings is 1. The van der Waals surface area contributed by atoms with E-state index < -0.39 is 0 Å². The average molecular weight is 237 g/mol. The SMILES string of the molecule is CC(CC#N)N(C)CCc1cccc(Cl)c1. The van der Waals surface area contributed by atoms with Crippen molar-refractivity contribution in [3.63, 3.8) is 0 Å². The summed E-state index contributed by atoms with van der Waals surface area (Å²) in [5.74, 6) is 0. The standard InChI is InChI=1S/C13H17ClN2/c1-11(6-8-15)16(2)9-7-12-4-3-5-13(14)10-12/h3-5,10-11H,6-7,9H2,1-2H3. The first kappa shape index (κ1) is 13.0. The Morgan fingerprint density at radius 2 is 2.25 bits per heavy atom. The molecule has 1 aromatic carbocycles. The highest BCUT2D eigenvalue weighted by Crippen LogP contribution is 2.12. The number of hydrogen-bond acceptors (Lipinski definition) is 2. The molecule has 0 saturated carbocycles. The fraction of sp³-hybridized carbons (Fsp3) is 0.462. The molecule has 1 unspecified atom stereocenters. The van der Waals surface area contributed by atoms with Gasteiger partial charge in [-0.05, 0) is 38.1 Å². The van der Waals surface area contributed by atoms with Crippen molar-refractivity contribution in [2.75, 3.05) is 13.6 Å². The number of likely N-dealkylation sites (N-methyl/N-ethyl adjacent to an activating group) is 1. The van der Waals surface area contributed by atoms with Gasteiger partial charge in [-0.15, -0.1) is 0 Å². The van der Waals surface area contributed by atoms with Crippen LogP contribution in [0.2, 0.25) is 5.02 Å². The quantitative estimate of drug-likeness (QED) is 0.786. The van der Waals surface area contributed by atoms with Crippen molar-refractivity contribution in [1.29, 1.82) is 5.26 Å². The maximum Gasteiger partial charge on any atom is 0.0638 e. The molecule has 0 saturated heterocycles. The monoisotopic (exact) mass is 236 g/mol. The Labute approximate surface area is 102 Å². The van der Waals surface area contributed by atoms with Gasteiger partial charge in [-0.25, -0.2) is 0 Å². The second-order valence-electron chi connectivity index (χ2n) is 4.07. The fourth-order valence-electron chi connectivity index (χ4n) is 1.51. The Morgan fingerprint density at radius 3 is 2.88 bits per heavy atom. The van der Waals surface area contributed by atoms with E-state index in [1.165, 1.54) is 5.56 Å². The van der Waals surface area contributed by atoms with E-state index in [4.69, 9.17) is 16.9 Å². The van der Waals surface area contributed by atoms with E-state index in [0.717, 1.165) is 18.0 Å². The predicted molar refractivity (Wildman–Crippen MR) is 67.5 cm³/mol. The first-order valence-electron chi connectivity index (χ1n) is 5.45. The molecule has 0 fully saturated rings. The van der Waals surface area contributed by atoms with Crippen molar-refractivity contribution in [3.05, 3.63) is 34.9 Å². The molecule has 0 heterocycles. The average Bonchev–Trinajstić information content (AvgIpc) is 2.26. The van der Waals surface area contributed by atoms with E-state index in [2.05, 4.69) is 24.0 Å². The molecule has 3 heteroatoms. The van der Waals surface area contributed by atoms with E-state index in [1.54, 1.807) is 0 Å². The molecule has 0 aliphatic rings. The number of hydrogen-bond donors (Lipinski definition) is 0. The van der Waals surface area contributed by atoms with E-state index in [1.807, 2.05) is 25.2 Å². The lowest BCUT2D eigenvalue weighted by Crippen LogP contribution is -2.30. The lowest BCUT2D eigenvalue weighted by atomic mass is 10.1. The van der Waals surface area contributed by atoms with E-state index in [-0.39, 0.29) is 0 Å². The van der Waals surface area contributed by atoms with Gasteiger partial charge >= 0.3 is 0 Å². The summed E-state index contributed by atoms with van der Waals surface area (Å²) in [5, 5.41) is 9.40. The zero-order valence-electron chi connectivity index (χ0n) is 9.78. The van der Waals surface area contributed by atoms with Gasteiger partial charge in [0.1, 0.15) is 0 Å². The summed E-state index contributed by atoms with van der Waals surface area (Å²) < 4.78 is 0. The van der Waals surface area contributed by atoms with Gasteiger partial charge < -0.3 is 4.90 Å². The van der Waals surface area contributed by atoms with Crippen molar-refractivity contribution in [2.24, 2.45) is 0 Å². The molecule has 86 valence electrons. The Bertz CT molecular complexity index is 370. The molecule has 0 aliphatic carbocycles. The van der Waals surface area contributed by atoms with Crippen LogP contribution in [-0.4, -0.2) is 24.5 Å². The minimum atomic E-state index is 0.309. The molecule has 16 heavy (non-hydrogen) atoms. The molecule has 2 nitrogen and oxygen atoms in total. The first-order chi connectivity index (χ1) is 7.63. The largest absolute Gasteiger partial charge is 0.302 e. The third kappa shape index (κ3) is 4.22. The zero-order chi connectivity index (χ0) is 12.0. The van der Waals surface area contributed by atoms with Crippen LogP contribution in [0.25, 0.3) is 0 Å². The zero-order valence-corrected chi connectivity index (χ0v) is 10.5. The molecule has 0 N–H and O–H groups in total. The highest BCUT2D eigenvalue weighted by molar-refractivity contribution is 6.30. The third-order valence-electron chi connectivity index (χ3n) is 2.78. The van der Waals surface area contributed by atoms with Crippen molar-refractivity contribution in [3.8, 4) is 6.07 Å². The van der Waals surface area contributed by atoms with Gasteiger partial charge in [0.2, 0.25) is 0 Å². The second kappa shape index (κ2) is 6.52. The van der Waals surface area contributed by atoms with E-state index in [0.29, 0.717) is 12.5 Å². The summed E-state index contributed by atoms with van der Waals surface area (Å²) >= 11 is 5.92. The van der Waals surface area contributed by atoms with Gasteiger partial charge in [-0.2, -0.15) is 5.26 Å². The molecule has 0 bridgehead atoms. The highest BCUT2D eigenvalue weighted by atomic mass is 35.5. The number of nitrogens with zero attached hydrogens (tertiary/aromatic N) is 2. The van der Waals surface area contributed by atoms with Crippen LogP contribution in [0, 0.1) is 11.3 Å². The van der Waals surface area contributed by atoms with Crippen LogP contribution in [0.15, 0.2) is 24.3 Å². The van der Waals surface area contributed by atoms with Gasteiger partial charge in [-0.3, -0.25) is 0 Å². The fourth-order valence-corrected chi connectivity index (χ4v) is 1.72. The summed E-state index contributed by atoms with van der Waals surface area (Å²) in [5.41, 5.74) is 1.24. The third-order valence-corrected chi connectivity index (χ3v) is 3.02. The van der Waals surface area contributed by atoms with Crippen LogP contribution in [-0.2, 0) is 6.42 Å². The summed E-state index contributed by atoms with van der Waals surface area (Å²) in [6.07, 6.45) is 1.54. The molecular weight excluding hydrogens is 220 g/mol. The molecule has 0 amide bonds. The van der Waals surface area contributed by atoms with Gasteiger partial charge in [0.05, 0.1) is 12.5 Å². The maximum absolute atomic E-state index is 8.61. The minimum absolute atomic E-state index is 0.309. The van der Waals surface area contributed by atoms with Crippen LogP contribution in [0.1, 0.15) is 18.9 Å². The number of rotatable bonds is 5. The number of nitriles is 1. The van der Waals surface area contributed by atoms with Crippen LogP contribution in [0.3, 0.4) is 0 Å². The van der Waals surface area contributed by atoms with Crippen molar-refractivity contribution < 1.29 is 0 Å². The van der Waals surface area contributed by atoms with Gasteiger partial charge in [0.25, 0.3) is 0 Å². The van der Waals surface area contributed by atoms with E-state index >= 15 is 0 Å². The predicted octanol–water partition coefficient (Wildman–Crippen LogP) is 3.12. The molecule has 0 aliphatic heterocycles. The van der Waals surface area contributed by atoms with Crippen LogP contribution < -0.4 is 0 Å². The number of halogens is 1. The topological polar surface area (TPSA) is 27.0 Å². The molecule has 0 aromatic heterocycles. The lowest BCUT2D eigenvalue weighted by molar-refractivity contribution is 0.264. The Morgan fingerprint density at radius 1 is 1.50 bits per heavy atom. The van der Waals surface area contributed by atoms with Crippen molar-refractivity contribution in [2.45, 2.75) is 25.8 Å². The molecule has 1 atom stereocenters. The summed E-state index contributed by atoms with van der Waals surface area (Å²) in [4.78, 5) is 2.20. The molecule has 0 spiro atoms. The minimum Gasteiger partial charge on any atom is -0.302 e. The van der Waals surface area contributed by atoms with Gasteiger partial charge in [0, 0.05) is 17.6 Å². The summed E-state index contributed by atoms with van der Waals surface area (Å²) in [6.45, 7) is 3.02. The first-order valence-corrected chi connectivity index (χ1v) is 5.83. The van der Waals surface area contributed by atoms with Crippen LogP contribution >= 0.6 is 11.6 Å². The molecule has 1 aromatic rings. The molecular formula is C13H17ClN2. The normalized spacial score (nSPS) is 12.4. The summed E-state index contributed by atoms with van der Waals surface area (Å²) in [7, 11) is 2.05. The van der Waals surface area contributed by atoms with Crippen molar-refractivity contribution in [1.82, 2.24) is 4.90 Å². The Hall–Kier alpha value is -1.04. The van der Waals surface area contributed by atoms with Gasteiger partial charge in [-0.1, -0.05) is 23.7 Å². The maximum atomic E-state index is 8.61. The Kier molecular flexibility index (Phi) is 5.31.